The van der Waals surface area contributed by atoms with Crippen molar-refractivity contribution < 1.29 is 14.4 Å². The van der Waals surface area contributed by atoms with Gasteiger partial charge in [-0.15, -0.1) is 0 Å². The number of carbonyl (C=O) groups is 1. The zero-order valence-electron chi connectivity index (χ0n) is 10.5. The fourth-order valence-electron chi connectivity index (χ4n) is 2.21. The second kappa shape index (κ2) is 5.80. The summed E-state index contributed by atoms with van der Waals surface area (Å²) >= 11 is 0. The van der Waals surface area contributed by atoms with Gasteiger partial charge in [0.1, 0.15) is 0 Å². The average molecular weight is 250 g/mol. The summed E-state index contributed by atoms with van der Waals surface area (Å²) in [5, 5.41) is 13.1. The monoisotopic (exact) mass is 250 g/mol. The van der Waals surface area contributed by atoms with Crippen LogP contribution in [0.3, 0.4) is 0 Å². The Labute approximate surface area is 106 Å². The van der Waals surface area contributed by atoms with E-state index in [-0.39, 0.29) is 5.92 Å². The number of nitrogens with zero attached hydrogens (tertiary/aromatic N) is 2. The van der Waals surface area contributed by atoms with Crippen LogP contribution in [0.25, 0.3) is 0 Å². The number of aryl methyl sites for hydroxylation is 1. The van der Waals surface area contributed by atoms with Gasteiger partial charge in [0, 0.05) is 6.42 Å². The quantitative estimate of drug-likeness (QED) is 0.813. The molecule has 0 saturated carbocycles. The number of carboxylic acids is 1. The lowest BCUT2D eigenvalue weighted by Crippen LogP contribution is -2.23. The highest BCUT2D eigenvalue weighted by molar-refractivity contribution is 5.71. The highest BCUT2D eigenvalue weighted by Gasteiger charge is 2.33. The first kappa shape index (κ1) is 12.8. The van der Waals surface area contributed by atoms with Gasteiger partial charge in [-0.25, -0.2) is 0 Å². The molecule has 2 rings (SSSR count). The molecule has 1 aliphatic carbocycles. The maximum absolute atomic E-state index is 11.2. The Morgan fingerprint density at radius 2 is 2.28 bits per heavy atom. The molecule has 5 heteroatoms. The minimum atomic E-state index is -0.794. The van der Waals surface area contributed by atoms with Crippen LogP contribution in [-0.2, 0) is 11.2 Å². The summed E-state index contributed by atoms with van der Waals surface area (Å²) in [7, 11) is 0. The molecule has 1 aromatic rings. The Morgan fingerprint density at radius 1 is 1.50 bits per heavy atom. The molecule has 0 bridgehead atoms. The molecule has 98 valence electrons. The molecule has 1 heterocycles. The van der Waals surface area contributed by atoms with Crippen molar-refractivity contribution in [3.63, 3.8) is 0 Å². The van der Waals surface area contributed by atoms with Crippen molar-refractivity contribution in [3.8, 4) is 0 Å². The number of allylic oxidation sites excluding steroid dienone is 2. The fraction of sp³-hybridized carbons (Fsp3) is 0.615. The molecular formula is C13H18N2O3. The predicted octanol–water partition coefficient (Wildman–Crippen LogP) is 2.55. The van der Waals surface area contributed by atoms with E-state index in [1.807, 2.05) is 12.2 Å². The van der Waals surface area contributed by atoms with Gasteiger partial charge in [0.2, 0.25) is 5.89 Å². The Hall–Kier alpha value is -1.65. The molecule has 1 N–H and O–H groups in total. The molecule has 0 amide bonds. The van der Waals surface area contributed by atoms with Gasteiger partial charge < -0.3 is 9.63 Å². The number of unbranched alkanes of at least 4 members (excludes halogenated alkanes) is 1. The van der Waals surface area contributed by atoms with Crippen molar-refractivity contribution in [1.82, 2.24) is 10.1 Å². The van der Waals surface area contributed by atoms with Gasteiger partial charge in [-0.3, -0.25) is 4.79 Å². The maximum Gasteiger partial charge on any atom is 0.307 e. The second-order valence-electron chi connectivity index (χ2n) is 4.65. The fourth-order valence-corrected chi connectivity index (χ4v) is 2.21. The normalized spacial score (nSPS) is 23.2. The maximum atomic E-state index is 11.2. The topological polar surface area (TPSA) is 76.2 Å². The van der Waals surface area contributed by atoms with Crippen LogP contribution in [0.15, 0.2) is 16.7 Å². The van der Waals surface area contributed by atoms with Crippen LogP contribution >= 0.6 is 0 Å². The molecule has 0 spiro atoms. The van der Waals surface area contributed by atoms with E-state index in [4.69, 9.17) is 4.52 Å². The van der Waals surface area contributed by atoms with Gasteiger partial charge in [0.25, 0.3) is 0 Å². The smallest absolute Gasteiger partial charge is 0.307 e. The lowest BCUT2D eigenvalue weighted by Gasteiger charge is -2.21. The first-order chi connectivity index (χ1) is 8.72. The molecule has 18 heavy (non-hydrogen) atoms. The van der Waals surface area contributed by atoms with Crippen LogP contribution < -0.4 is 0 Å². The average Bonchev–Trinajstić information content (AvgIpc) is 2.85. The predicted molar refractivity (Wildman–Crippen MR) is 65.2 cm³/mol. The van der Waals surface area contributed by atoms with Crippen LogP contribution in [-0.4, -0.2) is 21.2 Å². The van der Waals surface area contributed by atoms with Crippen molar-refractivity contribution in [2.75, 3.05) is 0 Å². The van der Waals surface area contributed by atoms with Crippen molar-refractivity contribution in [2.45, 2.75) is 44.9 Å². The van der Waals surface area contributed by atoms with Crippen molar-refractivity contribution in [3.05, 3.63) is 23.9 Å². The number of aliphatic carboxylic acids is 1. The number of aromatic nitrogens is 2. The minimum Gasteiger partial charge on any atom is -0.481 e. The van der Waals surface area contributed by atoms with Crippen LogP contribution in [0, 0.1) is 5.92 Å². The van der Waals surface area contributed by atoms with Crippen LogP contribution in [0.4, 0.5) is 0 Å². The van der Waals surface area contributed by atoms with Crippen molar-refractivity contribution in [2.24, 2.45) is 5.92 Å². The Bertz CT molecular complexity index is 439. The van der Waals surface area contributed by atoms with Crippen molar-refractivity contribution in [1.29, 1.82) is 0 Å². The van der Waals surface area contributed by atoms with E-state index in [0.717, 1.165) is 19.3 Å². The van der Waals surface area contributed by atoms with Gasteiger partial charge in [-0.1, -0.05) is 30.7 Å². The summed E-state index contributed by atoms with van der Waals surface area (Å²) in [6.45, 7) is 2.10. The molecular weight excluding hydrogens is 232 g/mol. The van der Waals surface area contributed by atoms with Crippen molar-refractivity contribution >= 4 is 5.97 Å². The first-order valence-electron chi connectivity index (χ1n) is 6.42. The zero-order valence-corrected chi connectivity index (χ0v) is 10.5. The molecule has 0 saturated heterocycles. The zero-order chi connectivity index (χ0) is 13.0. The standard InChI is InChI=1S/C13H18N2O3/c1-2-3-8-11-14-12(18-15-11)9-6-4-5-7-10(9)13(16)17/h4-5,9-10H,2-3,6-8H2,1H3,(H,16,17)/t9-,10+/m1/s1. The summed E-state index contributed by atoms with van der Waals surface area (Å²) in [6, 6.07) is 0. The summed E-state index contributed by atoms with van der Waals surface area (Å²) in [5.41, 5.74) is 0. The van der Waals surface area contributed by atoms with Gasteiger partial charge in [0.05, 0.1) is 11.8 Å². The lowest BCUT2D eigenvalue weighted by molar-refractivity contribution is -0.142. The van der Waals surface area contributed by atoms with Crippen LogP contribution in [0.5, 0.6) is 0 Å². The SMILES string of the molecule is CCCCc1noc([C@@H]2CC=CC[C@@H]2C(=O)O)n1. The van der Waals surface area contributed by atoms with Gasteiger partial charge in [0.15, 0.2) is 5.82 Å². The minimum absolute atomic E-state index is 0.185. The van der Waals surface area contributed by atoms with Gasteiger partial charge in [-0.2, -0.15) is 4.98 Å². The van der Waals surface area contributed by atoms with E-state index in [2.05, 4.69) is 17.1 Å². The molecule has 0 unspecified atom stereocenters. The largest absolute Gasteiger partial charge is 0.481 e. The molecule has 0 radical (unpaired) electrons. The number of hydrogen-bond acceptors (Lipinski definition) is 4. The Balaban J connectivity index is 2.11. The number of carboxylic acid groups (broad SMARTS) is 1. The van der Waals surface area contributed by atoms with Crippen LogP contribution in [0.2, 0.25) is 0 Å². The Kier molecular flexibility index (Phi) is 4.12. The van der Waals surface area contributed by atoms with Gasteiger partial charge in [-0.05, 0) is 19.3 Å². The number of rotatable bonds is 5. The highest BCUT2D eigenvalue weighted by Crippen LogP contribution is 2.33. The highest BCUT2D eigenvalue weighted by atomic mass is 16.5. The molecule has 0 fully saturated rings. The van der Waals surface area contributed by atoms with E-state index < -0.39 is 11.9 Å². The van der Waals surface area contributed by atoms with E-state index in [0.29, 0.717) is 24.6 Å². The summed E-state index contributed by atoms with van der Waals surface area (Å²) in [5.74, 6) is -0.272. The second-order valence-corrected chi connectivity index (χ2v) is 4.65. The third-order valence-electron chi connectivity index (χ3n) is 3.30. The molecule has 0 aromatic carbocycles. The molecule has 0 aliphatic heterocycles. The summed E-state index contributed by atoms with van der Waals surface area (Å²) < 4.78 is 5.22. The summed E-state index contributed by atoms with van der Waals surface area (Å²) in [6.07, 6.45) is 7.97. The first-order valence-corrected chi connectivity index (χ1v) is 6.42. The third kappa shape index (κ3) is 2.78. The van der Waals surface area contributed by atoms with E-state index in [1.54, 1.807) is 0 Å². The third-order valence-corrected chi connectivity index (χ3v) is 3.30. The molecule has 2 atom stereocenters. The molecule has 5 nitrogen and oxygen atoms in total. The molecule has 1 aromatic heterocycles. The van der Waals surface area contributed by atoms with E-state index in [1.165, 1.54) is 0 Å². The van der Waals surface area contributed by atoms with Crippen LogP contribution in [0.1, 0.15) is 50.2 Å². The Morgan fingerprint density at radius 3 is 3.00 bits per heavy atom. The number of hydrogen-bond donors (Lipinski definition) is 1. The summed E-state index contributed by atoms with van der Waals surface area (Å²) in [4.78, 5) is 15.5. The lowest BCUT2D eigenvalue weighted by atomic mass is 9.83. The molecule has 1 aliphatic rings. The van der Waals surface area contributed by atoms with E-state index >= 15 is 0 Å². The van der Waals surface area contributed by atoms with Gasteiger partial charge >= 0.3 is 5.97 Å². The van der Waals surface area contributed by atoms with E-state index in [9.17, 15) is 9.90 Å².